The normalized spacial score (nSPS) is 10.5. The van der Waals surface area contributed by atoms with Crippen LogP contribution < -0.4 is 0 Å². The van der Waals surface area contributed by atoms with Crippen LogP contribution in [-0.4, -0.2) is 13.1 Å². The number of hydrogen-bond donors (Lipinski definition) is 0. The largest absolute Gasteiger partial charge is 0.469 e. The predicted molar refractivity (Wildman–Crippen MR) is 65.5 cm³/mol. The molecular formula is C14H20O2. The van der Waals surface area contributed by atoms with Gasteiger partial charge in [-0.1, -0.05) is 38.1 Å². The molecule has 0 fully saturated rings. The number of hydrogen-bond acceptors (Lipinski definition) is 2. The molecule has 0 aliphatic heterocycles. The number of aryl methyl sites for hydroxylation is 1. The van der Waals surface area contributed by atoms with E-state index in [9.17, 15) is 4.79 Å². The topological polar surface area (TPSA) is 26.3 Å². The first-order valence-electron chi connectivity index (χ1n) is 5.79. The lowest BCUT2D eigenvalue weighted by molar-refractivity contribution is -0.140. The molecular weight excluding hydrogens is 200 g/mol. The van der Waals surface area contributed by atoms with Gasteiger partial charge in [-0.3, -0.25) is 4.79 Å². The summed E-state index contributed by atoms with van der Waals surface area (Å²) in [4.78, 5) is 10.9. The van der Waals surface area contributed by atoms with Crippen molar-refractivity contribution in [3.05, 3.63) is 35.4 Å². The molecule has 0 atom stereocenters. The van der Waals surface area contributed by atoms with Crippen LogP contribution in [0.15, 0.2) is 24.3 Å². The monoisotopic (exact) mass is 220 g/mol. The van der Waals surface area contributed by atoms with Crippen molar-refractivity contribution in [2.75, 3.05) is 7.11 Å². The van der Waals surface area contributed by atoms with E-state index in [0.29, 0.717) is 12.3 Å². The van der Waals surface area contributed by atoms with Gasteiger partial charge in [-0.2, -0.15) is 0 Å². The van der Waals surface area contributed by atoms with Crippen LogP contribution in [0.25, 0.3) is 0 Å². The molecule has 0 radical (unpaired) electrons. The first-order chi connectivity index (χ1) is 7.63. The standard InChI is InChI=1S/C14H20O2/c1-11(2)13-9-7-12(8-10-13)5-4-6-14(15)16-3/h7-11H,4-6H2,1-3H3. The maximum Gasteiger partial charge on any atom is 0.305 e. The fourth-order valence-electron chi connectivity index (χ4n) is 1.61. The van der Waals surface area contributed by atoms with E-state index < -0.39 is 0 Å². The number of carbonyl (C=O) groups excluding carboxylic acids is 1. The Morgan fingerprint density at radius 3 is 2.38 bits per heavy atom. The van der Waals surface area contributed by atoms with Crippen LogP contribution in [0.3, 0.4) is 0 Å². The van der Waals surface area contributed by atoms with Gasteiger partial charge in [0.15, 0.2) is 0 Å². The van der Waals surface area contributed by atoms with E-state index in [-0.39, 0.29) is 5.97 Å². The van der Waals surface area contributed by atoms with Crippen molar-refractivity contribution in [2.45, 2.75) is 39.0 Å². The number of esters is 1. The number of benzene rings is 1. The van der Waals surface area contributed by atoms with Crippen LogP contribution in [0.4, 0.5) is 0 Å². The molecule has 0 bridgehead atoms. The van der Waals surface area contributed by atoms with Crippen molar-refractivity contribution in [3.8, 4) is 0 Å². The van der Waals surface area contributed by atoms with Crippen molar-refractivity contribution in [1.82, 2.24) is 0 Å². The third kappa shape index (κ3) is 4.05. The molecule has 88 valence electrons. The van der Waals surface area contributed by atoms with Crippen molar-refractivity contribution >= 4 is 5.97 Å². The third-order valence-electron chi connectivity index (χ3n) is 2.72. The molecule has 0 aliphatic rings. The lowest BCUT2D eigenvalue weighted by Crippen LogP contribution is -2.00. The molecule has 1 aromatic carbocycles. The molecule has 1 aromatic rings. The highest BCUT2D eigenvalue weighted by molar-refractivity contribution is 5.69. The van der Waals surface area contributed by atoms with Crippen LogP contribution in [-0.2, 0) is 16.0 Å². The maximum atomic E-state index is 10.9. The van der Waals surface area contributed by atoms with Crippen LogP contribution in [0, 0.1) is 0 Å². The van der Waals surface area contributed by atoms with Crippen molar-refractivity contribution in [3.63, 3.8) is 0 Å². The summed E-state index contributed by atoms with van der Waals surface area (Å²) in [5.41, 5.74) is 2.64. The minimum Gasteiger partial charge on any atom is -0.469 e. The summed E-state index contributed by atoms with van der Waals surface area (Å²) in [6, 6.07) is 8.62. The summed E-state index contributed by atoms with van der Waals surface area (Å²) < 4.78 is 4.60. The molecule has 0 N–H and O–H groups in total. The first-order valence-corrected chi connectivity index (χ1v) is 5.79. The van der Waals surface area contributed by atoms with E-state index in [2.05, 4.69) is 42.8 Å². The third-order valence-corrected chi connectivity index (χ3v) is 2.72. The summed E-state index contributed by atoms with van der Waals surface area (Å²) in [7, 11) is 1.43. The lowest BCUT2D eigenvalue weighted by Gasteiger charge is -2.06. The van der Waals surface area contributed by atoms with Gasteiger partial charge in [0, 0.05) is 6.42 Å². The first kappa shape index (κ1) is 12.8. The highest BCUT2D eigenvalue weighted by atomic mass is 16.5. The Kier molecular flexibility index (Phi) is 5.03. The fourth-order valence-corrected chi connectivity index (χ4v) is 1.61. The van der Waals surface area contributed by atoms with Gasteiger partial charge in [0.1, 0.15) is 0 Å². The Balaban J connectivity index is 2.40. The van der Waals surface area contributed by atoms with E-state index in [1.54, 1.807) is 0 Å². The SMILES string of the molecule is COC(=O)CCCc1ccc(C(C)C)cc1. The summed E-state index contributed by atoms with van der Waals surface area (Å²) >= 11 is 0. The Morgan fingerprint density at radius 1 is 1.25 bits per heavy atom. The molecule has 0 aromatic heterocycles. The molecule has 0 amide bonds. The second-order valence-corrected chi connectivity index (χ2v) is 4.33. The van der Waals surface area contributed by atoms with Gasteiger partial charge in [-0.25, -0.2) is 0 Å². The molecule has 1 rings (SSSR count). The average Bonchev–Trinajstić information content (AvgIpc) is 2.29. The summed E-state index contributed by atoms with van der Waals surface area (Å²) in [5.74, 6) is 0.447. The van der Waals surface area contributed by atoms with Crippen LogP contribution >= 0.6 is 0 Å². The quantitative estimate of drug-likeness (QED) is 0.712. The Labute approximate surface area is 97.6 Å². The number of methoxy groups -OCH3 is 1. The molecule has 0 unspecified atom stereocenters. The van der Waals surface area contributed by atoms with Gasteiger partial charge in [-0.05, 0) is 29.9 Å². The molecule has 16 heavy (non-hydrogen) atoms. The van der Waals surface area contributed by atoms with Gasteiger partial charge in [0.2, 0.25) is 0 Å². The molecule has 0 saturated carbocycles. The van der Waals surface area contributed by atoms with Crippen molar-refractivity contribution in [1.29, 1.82) is 0 Å². The molecule has 0 heterocycles. The van der Waals surface area contributed by atoms with Crippen LogP contribution in [0.1, 0.15) is 43.7 Å². The predicted octanol–water partition coefficient (Wildman–Crippen LogP) is 3.31. The minimum atomic E-state index is -0.126. The van der Waals surface area contributed by atoms with Crippen molar-refractivity contribution in [2.24, 2.45) is 0 Å². The van der Waals surface area contributed by atoms with Gasteiger partial charge in [-0.15, -0.1) is 0 Å². The molecule has 2 heteroatoms. The second-order valence-electron chi connectivity index (χ2n) is 4.33. The highest BCUT2D eigenvalue weighted by Crippen LogP contribution is 2.15. The summed E-state index contributed by atoms with van der Waals surface area (Å²) in [5, 5.41) is 0. The van der Waals surface area contributed by atoms with Crippen LogP contribution in [0.5, 0.6) is 0 Å². The summed E-state index contributed by atoms with van der Waals surface area (Å²) in [6.45, 7) is 4.37. The second kappa shape index (κ2) is 6.31. The lowest BCUT2D eigenvalue weighted by atomic mass is 10.00. The van der Waals surface area contributed by atoms with Crippen molar-refractivity contribution < 1.29 is 9.53 Å². The average molecular weight is 220 g/mol. The minimum absolute atomic E-state index is 0.126. The Morgan fingerprint density at radius 2 is 1.88 bits per heavy atom. The van der Waals surface area contributed by atoms with E-state index in [1.807, 2.05) is 0 Å². The smallest absolute Gasteiger partial charge is 0.305 e. The fraction of sp³-hybridized carbons (Fsp3) is 0.500. The zero-order valence-electron chi connectivity index (χ0n) is 10.3. The van der Waals surface area contributed by atoms with Gasteiger partial charge < -0.3 is 4.74 Å². The molecule has 0 aliphatic carbocycles. The van der Waals surface area contributed by atoms with E-state index in [0.717, 1.165) is 12.8 Å². The molecule has 0 spiro atoms. The Bertz CT molecular complexity index is 325. The van der Waals surface area contributed by atoms with Gasteiger partial charge in [0.05, 0.1) is 7.11 Å². The Hall–Kier alpha value is -1.31. The van der Waals surface area contributed by atoms with Gasteiger partial charge in [0.25, 0.3) is 0 Å². The summed E-state index contributed by atoms with van der Waals surface area (Å²) in [6.07, 6.45) is 2.30. The zero-order valence-corrected chi connectivity index (χ0v) is 10.3. The molecule has 2 nitrogen and oxygen atoms in total. The van der Waals surface area contributed by atoms with Crippen LogP contribution in [0.2, 0.25) is 0 Å². The maximum absolute atomic E-state index is 10.9. The van der Waals surface area contributed by atoms with Gasteiger partial charge >= 0.3 is 5.97 Å². The van der Waals surface area contributed by atoms with E-state index in [1.165, 1.54) is 18.2 Å². The zero-order chi connectivity index (χ0) is 12.0. The number of carbonyl (C=O) groups is 1. The number of rotatable bonds is 5. The molecule has 0 saturated heterocycles. The van der Waals surface area contributed by atoms with E-state index in [4.69, 9.17) is 0 Å². The number of ether oxygens (including phenoxy) is 1. The van der Waals surface area contributed by atoms with E-state index >= 15 is 0 Å². The highest BCUT2D eigenvalue weighted by Gasteiger charge is 2.01.